The van der Waals surface area contributed by atoms with Crippen LogP contribution < -0.4 is 10.6 Å². The molecule has 0 bridgehead atoms. The van der Waals surface area contributed by atoms with Crippen molar-refractivity contribution >= 4 is 0 Å². The zero-order chi connectivity index (χ0) is 23.1. The molecule has 172 valence electrons. The predicted octanol–water partition coefficient (Wildman–Crippen LogP) is 6.67. The molecule has 1 heterocycles. The van der Waals surface area contributed by atoms with E-state index in [1.165, 1.54) is 19.3 Å². The van der Waals surface area contributed by atoms with Gasteiger partial charge in [-0.3, -0.25) is 4.84 Å². The van der Waals surface area contributed by atoms with Crippen LogP contribution in [0.2, 0.25) is 0 Å². The van der Waals surface area contributed by atoms with Gasteiger partial charge in [-0.15, -0.1) is 6.58 Å². The molecule has 0 spiro atoms. The van der Waals surface area contributed by atoms with Gasteiger partial charge in [-0.05, 0) is 42.4 Å². The largest absolute Gasteiger partial charge is 0.481 e. The third-order valence-electron chi connectivity index (χ3n) is 7.09. The number of nitrogens with zero attached hydrogens (tertiary/aromatic N) is 1. The van der Waals surface area contributed by atoms with Crippen LogP contribution in [-0.2, 0) is 4.84 Å². The minimum absolute atomic E-state index is 0.157. The van der Waals surface area contributed by atoms with Crippen molar-refractivity contribution in [2.45, 2.75) is 50.0 Å². The Labute approximate surface area is 197 Å². The summed E-state index contributed by atoms with van der Waals surface area (Å²) in [5.41, 5.74) is 3.64. The topological polar surface area (TPSA) is 57.4 Å². The van der Waals surface area contributed by atoms with Gasteiger partial charge in [0.1, 0.15) is 5.60 Å². The Balaban J connectivity index is 1.95. The highest BCUT2D eigenvalue weighted by molar-refractivity contribution is 5.65. The summed E-state index contributed by atoms with van der Waals surface area (Å²) in [4.78, 5) is 10.8. The number of hydrogen-bond donors (Lipinski definition) is 1. The Hall–Kier alpha value is -2.95. The minimum Gasteiger partial charge on any atom is -0.481 e. The maximum absolute atomic E-state index is 6.23. The molecule has 0 radical (unpaired) electrons. The Morgan fingerprint density at radius 2 is 1.70 bits per heavy atom. The molecular formula is C29H34N2O2. The lowest BCUT2D eigenvalue weighted by atomic mass is 9.65. The highest BCUT2D eigenvalue weighted by atomic mass is 16.6. The fourth-order valence-corrected chi connectivity index (χ4v) is 5.55. The summed E-state index contributed by atoms with van der Waals surface area (Å²) in [5, 5.41) is 0. The first kappa shape index (κ1) is 23.2. The van der Waals surface area contributed by atoms with Crippen molar-refractivity contribution in [1.82, 2.24) is 4.98 Å². The number of ether oxygens (including phenoxy) is 1. The van der Waals surface area contributed by atoms with Gasteiger partial charge in [0.25, 0.3) is 0 Å². The molecule has 33 heavy (non-hydrogen) atoms. The van der Waals surface area contributed by atoms with Crippen molar-refractivity contribution in [3.05, 3.63) is 96.7 Å². The second-order valence-electron chi connectivity index (χ2n) is 8.93. The minimum atomic E-state index is -0.645. The van der Waals surface area contributed by atoms with Gasteiger partial charge in [-0.2, -0.15) is 0 Å². The normalized spacial score (nSPS) is 17.2. The molecule has 4 heteroatoms. The fraction of sp³-hybridized carbons (Fsp3) is 0.345. The molecule has 2 aromatic carbocycles. The van der Waals surface area contributed by atoms with Gasteiger partial charge in [-0.1, -0.05) is 86.0 Å². The van der Waals surface area contributed by atoms with Crippen molar-refractivity contribution in [3.8, 4) is 17.0 Å². The summed E-state index contributed by atoms with van der Waals surface area (Å²) in [5.74, 6) is 6.99. The quantitative estimate of drug-likeness (QED) is 0.297. The van der Waals surface area contributed by atoms with Crippen molar-refractivity contribution in [2.24, 2.45) is 11.8 Å². The van der Waals surface area contributed by atoms with E-state index in [1.54, 1.807) is 7.11 Å². The SMILES string of the molecule is C=CCC(ON)(C1CCCCC1)C(c1ccccc1)c1cc(-c2ccccc2)cnc1OC. The lowest BCUT2D eigenvalue weighted by Gasteiger charge is -2.46. The molecule has 0 amide bonds. The van der Waals surface area contributed by atoms with Crippen LogP contribution in [0.1, 0.15) is 55.6 Å². The van der Waals surface area contributed by atoms with Crippen LogP contribution in [0.3, 0.4) is 0 Å². The van der Waals surface area contributed by atoms with Gasteiger partial charge in [0.15, 0.2) is 0 Å². The smallest absolute Gasteiger partial charge is 0.216 e. The van der Waals surface area contributed by atoms with Gasteiger partial charge < -0.3 is 4.74 Å². The average molecular weight is 443 g/mol. The van der Waals surface area contributed by atoms with E-state index in [2.05, 4.69) is 49.0 Å². The number of methoxy groups -OCH3 is 1. The molecule has 1 saturated carbocycles. The second kappa shape index (κ2) is 10.8. The third-order valence-corrected chi connectivity index (χ3v) is 7.09. The van der Waals surface area contributed by atoms with Crippen LogP contribution in [-0.4, -0.2) is 17.7 Å². The van der Waals surface area contributed by atoms with Crippen molar-refractivity contribution in [2.75, 3.05) is 7.11 Å². The Kier molecular flexibility index (Phi) is 7.58. The van der Waals surface area contributed by atoms with E-state index in [0.29, 0.717) is 18.2 Å². The molecule has 1 aromatic heterocycles. The van der Waals surface area contributed by atoms with Crippen molar-refractivity contribution < 1.29 is 9.57 Å². The molecule has 4 rings (SSSR count). The maximum Gasteiger partial charge on any atom is 0.216 e. The molecule has 4 nitrogen and oxygen atoms in total. The summed E-state index contributed by atoms with van der Waals surface area (Å²) in [6.45, 7) is 4.08. The van der Waals surface area contributed by atoms with Crippen LogP contribution in [0.15, 0.2) is 85.6 Å². The van der Waals surface area contributed by atoms with Crippen LogP contribution in [0.25, 0.3) is 11.1 Å². The molecule has 0 aliphatic heterocycles. The lowest BCUT2D eigenvalue weighted by Crippen LogP contribution is -2.49. The molecular weight excluding hydrogens is 408 g/mol. The zero-order valence-corrected chi connectivity index (χ0v) is 19.5. The monoisotopic (exact) mass is 442 g/mol. The zero-order valence-electron chi connectivity index (χ0n) is 19.5. The highest BCUT2D eigenvalue weighted by Crippen LogP contribution is 2.50. The van der Waals surface area contributed by atoms with E-state index in [4.69, 9.17) is 20.5 Å². The van der Waals surface area contributed by atoms with Crippen LogP contribution in [0.5, 0.6) is 5.88 Å². The van der Waals surface area contributed by atoms with E-state index in [-0.39, 0.29) is 5.92 Å². The molecule has 3 aromatic rings. The number of aromatic nitrogens is 1. The van der Waals surface area contributed by atoms with Crippen LogP contribution in [0.4, 0.5) is 0 Å². The molecule has 2 unspecified atom stereocenters. The van der Waals surface area contributed by atoms with E-state index in [1.807, 2.05) is 36.5 Å². The molecule has 0 saturated heterocycles. The predicted molar refractivity (Wildman–Crippen MR) is 134 cm³/mol. The van der Waals surface area contributed by atoms with Gasteiger partial charge in [0, 0.05) is 23.2 Å². The summed E-state index contributed by atoms with van der Waals surface area (Å²) >= 11 is 0. The third kappa shape index (κ3) is 4.73. The number of pyridine rings is 1. The molecule has 1 fully saturated rings. The number of hydrogen-bond acceptors (Lipinski definition) is 4. The Morgan fingerprint density at radius 3 is 2.30 bits per heavy atom. The Morgan fingerprint density at radius 1 is 1.03 bits per heavy atom. The summed E-state index contributed by atoms with van der Waals surface area (Å²) in [6.07, 6.45) is 10.3. The van der Waals surface area contributed by atoms with Gasteiger partial charge >= 0.3 is 0 Å². The molecule has 1 aliphatic carbocycles. The summed E-state index contributed by atoms with van der Waals surface area (Å²) < 4.78 is 5.81. The van der Waals surface area contributed by atoms with Crippen LogP contribution >= 0.6 is 0 Å². The highest BCUT2D eigenvalue weighted by Gasteiger charge is 2.48. The van der Waals surface area contributed by atoms with Gasteiger partial charge in [-0.25, -0.2) is 10.9 Å². The second-order valence-corrected chi connectivity index (χ2v) is 8.93. The van der Waals surface area contributed by atoms with E-state index in [9.17, 15) is 0 Å². The maximum atomic E-state index is 6.23. The first-order valence-corrected chi connectivity index (χ1v) is 11.9. The average Bonchev–Trinajstić information content (AvgIpc) is 2.90. The summed E-state index contributed by atoms with van der Waals surface area (Å²) in [6, 6.07) is 23.0. The van der Waals surface area contributed by atoms with E-state index >= 15 is 0 Å². The Bertz CT molecular complexity index is 1030. The number of benzene rings is 2. The first-order valence-electron chi connectivity index (χ1n) is 11.9. The lowest BCUT2D eigenvalue weighted by molar-refractivity contribution is -0.109. The summed E-state index contributed by atoms with van der Waals surface area (Å²) in [7, 11) is 1.68. The van der Waals surface area contributed by atoms with E-state index < -0.39 is 5.60 Å². The number of rotatable bonds is 9. The van der Waals surface area contributed by atoms with Gasteiger partial charge in [0.05, 0.1) is 7.11 Å². The standard InChI is InChI=1S/C29H34N2O2/c1-3-19-29(33-30,25-17-11-6-12-18-25)27(23-15-9-5-10-16-23)26-20-24(21-31-28(26)32-2)22-13-7-4-8-14-22/h3-5,7-10,13-16,20-21,25,27H,1,6,11-12,17-19,30H2,2H3. The van der Waals surface area contributed by atoms with E-state index in [0.717, 1.165) is 35.1 Å². The van der Waals surface area contributed by atoms with Crippen LogP contribution in [0, 0.1) is 5.92 Å². The van der Waals surface area contributed by atoms with Gasteiger partial charge in [0.2, 0.25) is 5.88 Å². The fourth-order valence-electron chi connectivity index (χ4n) is 5.55. The first-order chi connectivity index (χ1) is 16.2. The molecule has 1 aliphatic rings. The number of nitrogens with two attached hydrogens (primary N) is 1. The van der Waals surface area contributed by atoms with Crippen molar-refractivity contribution in [1.29, 1.82) is 0 Å². The molecule has 2 N–H and O–H groups in total. The molecule has 2 atom stereocenters. The van der Waals surface area contributed by atoms with Crippen molar-refractivity contribution in [3.63, 3.8) is 0 Å².